The molecule has 0 aliphatic rings. The van der Waals surface area contributed by atoms with E-state index in [-0.39, 0.29) is 22.9 Å². The molecule has 1 amide bonds. The molecule has 0 saturated carbocycles. The highest BCUT2D eigenvalue weighted by Crippen LogP contribution is 2.18. The summed E-state index contributed by atoms with van der Waals surface area (Å²) >= 11 is 1.61. The summed E-state index contributed by atoms with van der Waals surface area (Å²) in [5.41, 5.74) is 2.99. The summed E-state index contributed by atoms with van der Waals surface area (Å²) in [6.07, 6.45) is 2.51. The van der Waals surface area contributed by atoms with E-state index >= 15 is 0 Å². The minimum Gasteiger partial charge on any atom is -0.350 e. The van der Waals surface area contributed by atoms with E-state index in [1.807, 2.05) is 60.5 Å². The molecule has 0 saturated heterocycles. The van der Waals surface area contributed by atoms with Crippen LogP contribution in [0.3, 0.4) is 0 Å². The Hall–Kier alpha value is -2.40. The Kier molecular flexibility index (Phi) is 5.28. The number of carbonyl (C=O) groups is 1. The van der Waals surface area contributed by atoms with Gasteiger partial charge in [0.2, 0.25) is 5.43 Å². The maximum Gasteiger partial charge on any atom is 0.259 e. The van der Waals surface area contributed by atoms with Gasteiger partial charge in [-0.2, -0.15) is 11.3 Å². The zero-order valence-electron chi connectivity index (χ0n) is 15.7. The lowest BCUT2D eigenvalue weighted by Crippen LogP contribution is -2.40. The molecule has 0 N–H and O–H groups in total. The maximum atomic E-state index is 13.3. The van der Waals surface area contributed by atoms with E-state index in [0.717, 1.165) is 23.1 Å². The molecule has 0 spiro atoms. The minimum absolute atomic E-state index is 0.0558. The molecule has 0 bridgehead atoms. The molecule has 0 aliphatic heterocycles. The SMILES string of the molecule is CC[C@@H](C)N(Cc1ccsc1)C(=O)c1cn(C)c2ccc(C)cc2c1=O. The number of rotatable bonds is 5. The molecule has 2 aromatic heterocycles. The first-order valence-corrected chi connectivity index (χ1v) is 9.78. The van der Waals surface area contributed by atoms with Crippen LogP contribution in [0.15, 0.2) is 46.0 Å². The molecule has 1 atom stereocenters. The molecule has 4 nitrogen and oxygen atoms in total. The average Bonchev–Trinajstić information content (AvgIpc) is 3.14. The number of fused-ring (bicyclic) bond motifs is 1. The van der Waals surface area contributed by atoms with Gasteiger partial charge in [-0.25, -0.2) is 0 Å². The molecule has 26 heavy (non-hydrogen) atoms. The third kappa shape index (κ3) is 3.44. The zero-order valence-corrected chi connectivity index (χ0v) is 16.5. The Balaban J connectivity index is 2.09. The number of amides is 1. The number of benzene rings is 1. The van der Waals surface area contributed by atoms with E-state index in [9.17, 15) is 9.59 Å². The molecule has 2 heterocycles. The van der Waals surface area contributed by atoms with E-state index in [0.29, 0.717) is 11.9 Å². The van der Waals surface area contributed by atoms with Crippen molar-refractivity contribution in [2.75, 3.05) is 0 Å². The van der Waals surface area contributed by atoms with Crippen LogP contribution in [-0.2, 0) is 13.6 Å². The van der Waals surface area contributed by atoms with Crippen LogP contribution in [0.25, 0.3) is 10.9 Å². The quantitative estimate of drug-likeness (QED) is 0.672. The Morgan fingerprint density at radius 3 is 2.73 bits per heavy atom. The number of aromatic nitrogens is 1. The molecular weight excluding hydrogens is 344 g/mol. The number of hydrogen-bond acceptors (Lipinski definition) is 3. The lowest BCUT2D eigenvalue weighted by Gasteiger charge is -2.28. The van der Waals surface area contributed by atoms with Crippen LogP contribution < -0.4 is 5.43 Å². The Morgan fingerprint density at radius 2 is 2.08 bits per heavy atom. The van der Waals surface area contributed by atoms with Gasteiger partial charge in [-0.1, -0.05) is 18.6 Å². The highest BCUT2D eigenvalue weighted by atomic mass is 32.1. The van der Waals surface area contributed by atoms with Crippen LogP contribution >= 0.6 is 11.3 Å². The first-order valence-electron chi connectivity index (χ1n) is 8.84. The Bertz CT molecular complexity index is 989. The maximum absolute atomic E-state index is 13.3. The van der Waals surface area contributed by atoms with E-state index in [2.05, 4.69) is 6.92 Å². The standard InChI is InChI=1S/C21H24N2O2S/c1-5-15(3)23(11-16-8-9-26-13-16)21(25)18-12-22(4)19-7-6-14(2)10-17(19)20(18)24/h6-10,12-13,15H,5,11H2,1-4H3/t15-/m1/s1. The zero-order chi connectivity index (χ0) is 18.8. The van der Waals surface area contributed by atoms with Crippen molar-refractivity contribution in [1.82, 2.24) is 9.47 Å². The summed E-state index contributed by atoms with van der Waals surface area (Å²) in [5.74, 6) is -0.199. The van der Waals surface area contributed by atoms with Gasteiger partial charge < -0.3 is 9.47 Å². The highest BCUT2D eigenvalue weighted by molar-refractivity contribution is 7.07. The molecular formula is C21H24N2O2S. The molecule has 3 aromatic rings. The van der Waals surface area contributed by atoms with E-state index in [1.54, 1.807) is 22.4 Å². The van der Waals surface area contributed by atoms with E-state index < -0.39 is 0 Å². The fourth-order valence-electron chi connectivity index (χ4n) is 3.14. The first-order chi connectivity index (χ1) is 12.4. The van der Waals surface area contributed by atoms with Crippen molar-refractivity contribution in [2.24, 2.45) is 7.05 Å². The second-order valence-electron chi connectivity index (χ2n) is 6.83. The van der Waals surface area contributed by atoms with Crippen molar-refractivity contribution < 1.29 is 4.79 Å². The van der Waals surface area contributed by atoms with Crippen molar-refractivity contribution in [3.05, 3.63) is 68.1 Å². The van der Waals surface area contributed by atoms with Crippen LogP contribution in [0.2, 0.25) is 0 Å². The molecule has 0 fully saturated rings. The third-order valence-corrected chi connectivity index (χ3v) is 5.62. The van der Waals surface area contributed by atoms with Gasteiger partial charge in [-0.15, -0.1) is 0 Å². The van der Waals surface area contributed by atoms with Crippen molar-refractivity contribution in [1.29, 1.82) is 0 Å². The molecule has 1 aromatic carbocycles. The second kappa shape index (κ2) is 7.46. The van der Waals surface area contributed by atoms with Gasteiger partial charge in [-0.05, 0) is 54.8 Å². The monoisotopic (exact) mass is 368 g/mol. The Labute approximate surface area is 157 Å². The van der Waals surface area contributed by atoms with E-state index in [4.69, 9.17) is 0 Å². The molecule has 0 aliphatic carbocycles. The van der Waals surface area contributed by atoms with Crippen molar-refractivity contribution in [2.45, 2.75) is 39.8 Å². The van der Waals surface area contributed by atoms with Gasteiger partial charge in [0.15, 0.2) is 0 Å². The van der Waals surface area contributed by atoms with Gasteiger partial charge in [0.05, 0.1) is 5.52 Å². The number of aryl methyl sites for hydroxylation is 2. The van der Waals surface area contributed by atoms with Crippen molar-refractivity contribution in [3.63, 3.8) is 0 Å². The molecule has 3 rings (SSSR count). The molecule has 0 radical (unpaired) electrons. The molecule has 0 unspecified atom stereocenters. The van der Waals surface area contributed by atoms with E-state index in [1.165, 1.54) is 0 Å². The number of thiophene rings is 1. The predicted octanol–water partition coefficient (Wildman–Crippen LogP) is 4.35. The fourth-order valence-corrected chi connectivity index (χ4v) is 3.80. The van der Waals surface area contributed by atoms with Gasteiger partial charge in [-0.3, -0.25) is 9.59 Å². The van der Waals surface area contributed by atoms with Crippen LogP contribution in [-0.4, -0.2) is 21.4 Å². The van der Waals surface area contributed by atoms with Crippen LogP contribution in [0.1, 0.15) is 41.8 Å². The lowest BCUT2D eigenvalue weighted by molar-refractivity contribution is 0.0670. The molecule has 5 heteroatoms. The van der Waals surface area contributed by atoms with Gasteiger partial charge >= 0.3 is 0 Å². The van der Waals surface area contributed by atoms with Crippen molar-refractivity contribution in [3.8, 4) is 0 Å². The van der Waals surface area contributed by atoms with Gasteiger partial charge in [0.25, 0.3) is 5.91 Å². The van der Waals surface area contributed by atoms with Crippen LogP contribution in [0, 0.1) is 6.92 Å². The summed E-state index contributed by atoms with van der Waals surface area (Å²) in [4.78, 5) is 28.1. The second-order valence-corrected chi connectivity index (χ2v) is 7.61. The van der Waals surface area contributed by atoms with Crippen molar-refractivity contribution >= 4 is 28.1 Å². The summed E-state index contributed by atoms with van der Waals surface area (Å²) in [6.45, 7) is 6.56. The number of nitrogens with zero attached hydrogens (tertiary/aromatic N) is 2. The Morgan fingerprint density at radius 1 is 1.31 bits per heavy atom. The number of pyridine rings is 1. The summed E-state index contributed by atoms with van der Waals surface area (Å²) in [5, 5.41) is 4.65. The average molecular weight is 369 g/mol. The fraction of sp³-hybridized carbons (Fsp3) is 0.333. The molecule has 136 valence electrons. The van der Waals surface area contributed by atoms with Crippen LogP contribution in [0.4, 0.5) is 0 Å². The normalized spacial score (nSPS) is 12.3. The van der Waals surface area contributed by atoms with Gasteiger partial charge in [0.1, 0.15) is 5.56 Å². The largest absolute Gasteiger partial charge is 0.350 e. The van der Waals surface area contributed by atoms with Gasteiger partial charge in [0, 0.05) is 31.2 Å². The summed E-state index contributed by atoms with van der Waals surface area (Å²) in [6, 6.07) is 7.85. The first kappa shape index (κ1) is 18.4. The number of hydrogen-bond donors (Lipinski definition) is 0. The lowest BCUT2D eigenvalue weighted by atomic mass is 10.1. The number of carbonyl (C=O) groups excluding carboxylic acids is 1. The summed E-state index contributed by atoms with van der Waals surface area (Å²) in [7, 11) is 1.88. The third-order valence-electron chi connectivity index (χ3n) is 4.89. The predicted molar refractivity (Wildman–Crippen MR) is 108 cm³/mol. The van der Waals surface area contributed by atoms with Crippen LogP contribution in [0.5, 0.6) is 0 Å². The topological polar surface area (TPSA) is 42.3 Å². The smallest absolute Gasteiger partial charge is 0.259 e. The summed E-state index contributed by atoms with van der Waals surface area (Å²) < 4.78 is 1.86. The highest BCUT2D eigenvalue weighted by Gasteiger charge is 2.24. The minimum atomic E-state index is -0.199.